The number of hydrogen-bond acceptors (Lipinski definition) is 3. The van der Waals surface area contributed by atoms with Crippen molar-refractivity contribution in [3.8, 4) is 0 Å². The molecule has 0 saturated carbocycles. The predicted octanol–water partition coefficient (Wildman–Crippen LogP) is 2.80. The molecular weight excluding hydrogens is 238 g/mol. The molecule has 1 fully saturated rings. The summed E-state index contributed by atoms with van der Waals surface area (Å²) in [5, 5.41) is 3.24. The highest BCUT2D eigenvalue weighted by Gasteiger charge is 2.18. The van der Waals surface area contributed by atoms with Crippen LogP contribution in [0.15, 0.2) is 9.98 Å². The van der Waals surface area contributed by atoms with Gasteiger partial charge >= 0.3 is 0 Å². The van der Waals surface area contributed by atoms with E-state index in [1.807, 2.05) is 5.38 Å². The zero-order chi connectivity index (χ0) is 8.39. The second kappa shape index (κ2) is 3.85. The second-order valence-corrected chi connectivity index (χ2v) is 4.62. The van der Waals surface area contributed by atoms with E-state index in [2.05, 4.69) is 20.9 Å². The SMILES string of the molecule is Brc1csc(C2CCCOC2)n1. The molecule has 12 heavy (non-hydrogen) atoms. The molecule has 1 aromatic rings. The molecule has 4 heteroatoms. The van der Waals surface area contributed by atoms with Crippen molar-refractivity contribution in [1.82, 2.24) is 4.98 Å². The molecular formula is C8H10BrNOS. The first-order valence-electron chi connectivity index (χ1n) is 4.05. The van der Waals surface area contributed by atoms with Crippen molar-refractivity contribution >= 4 is 27.3 Å². The van der Waals surface area contributed by atoms with Gasteiger partial charge in [-0.05, 0) is 28.8 Å². The van der Waals surface area contributed by atoms with Crippen molar-refractivity contribution in [2.75, 3.05) is 13.2 Å². The number of halogens is 1. The Bertz CT molecular complexity index is 257. The zero-order valence-electron chi connectivity index (χ0n) is 6.62. The summed E-state index contributed by atoms with van der Waals surface area (Å²) in [6, 6.07) is 0. The molecule has 0 aromatic carbocycles. The number of nitrogens with zero attached hydrogens (tertiary/aromatic N) is 1. The van der Waals surface area contributed by atoms with Gasteiger partial charge in [0.25, 0.3) is 0 Å². The fourth-order valence-electron chi connectivity index (χ4n) is 1.39. The van der Waals surface area contributed by atoms with E-state index in [0.717, 1.165) is 17.8 Å². The van der Waals surface area contributed by atoms with Gasteiger partial charge in [0.15, 0.2) is 0 Å². The third kappa shape index (κ3) is 1.87. The lowest BCUT2D eigenvalue weighted by Crippen LogP contribution is -2.15. The molecule has 1 saturated heterocycles. The van der Waals surface area contributed by atoms with Crippen molar-refractivity contribution in [3.63, 3.8) is 0 Å². The molecule has 1 aliphatic heterocycles. The van der Waals surface area contributed by atoms with Gasteiger partial charge in [0, 0.05) is 17.9 Å². The van der Waals surface area contributed by atoms with Gasteiger partial charge in [0.2, 0.25) is 0 Å². The van der Waals surface area contributed by atoms with Crippen molar-refractivity contribution < 1.29 is 4.74 Å². The van der Waals surface area contributed by atoms with Crippen LogP contribution in [0.5, 0.6) is 0 Å². The van der Waals surface area contributed by atoms with Gasteiger partial charge in [-0.1, -0.05) is 0 Å². The van der Waals surface area contributed by atoms with Gasteiger partial charge in [-0.3, -0.25) is 0 Å². The minimum absolute atomic E-state index is 0.537. The molecule has 0 radical (unpaired) electrons. The van der Waals surface area contributed by atoms with Crippen molar-refractivity contribution in [2.24, 2.45) is 0 Å². The molecule has 1 aromatic heterocycles. The van der Waals surface area contributed by atoms with Crippen LogP contribution in [-0.4, -0.2) is 18.2 Å². The Morgan fingerprint density at radius 3 is 3.17 bits per heavy atom. The van der Waals surface area contributed by atoms with Crippen molar-refractivity contribution in [1.29, 1.82) is 0 Å². The van der Waals surface area contributed by atoms with E-state index in [1.165, 1.54) is 17.8 Å². The topological polar surface area (TPSA) is 22.1 Å². The monoisotopic (exact) mass is 247 g/mol. The molecule has 1 aliphatic rings. The minimum atomic E-state index is 0.537. The Balaban J connectivity index is 2.08. The Morgan fingerprint density at radius 1 is 1.67 bits per heavy atom. The number of thiazole rings is 1. The zero-order valence-corrected chi connectivity index (χ0v) is 9.03. The van der Waals surface area contributed by atoms with E-state index >= 15 is 0 Å². The Morgan fingerprint density at radius 2 is 2.58 bits per heavy atom. The van der Waals surface area contributed by atoms with Gasteiger partial charge < -0.3 is 4.74 Å². The molecule has 1 atom stereocenters. The van der Waals surface area contributed by atoms with Crippen LogP contribution in [0, 0.1) is 0 Å². The molecule has 0 N–H and O–H groups in total. The normalized spacial score (nSPS) is 24.2. The Labute approximate surface area is 84.1 Å². The maximum absolute atomic E-state index is 5.40. The van der Waals surface area contributed by atoms with Gasteiger partial charge in [-0.2, -0.15) is 0 Å². The summed E-state index contributed by atoms with van der Waals surface area (Å²) in [7, 11) is 0. The number of hydrogen-bond donors (Lipinski definition) is 0. The lowest BCUT2D eigenvalue weighted by Gasteiger charge is -2.19. The van der Waals surface area contributed by atoms with Crippen LogP contribution in [0.1, 0.15) is 23.8 Å². The minimum Gasteiger partial charge on any atom is -0.381 e. The maximum Gasteiger partial charge on any atom is 0.117 e. The molecule has 1 unspecified atom stereocenters. The van der Waals surface area contributed by atoms with E-state index in [-0.39, 0.29) is 0 Å². The fourth-order valence-corrected chi connectivity index (χ4v) is 2.78. The Kier molecular flexibility index (Phi) is 2.78. The van der Waals surface area contributed by atoms with Gasteiger partial charge in [-0.25, -0.2) is 4.98 Å². The van der Waals surface area contributed by atoms with Gasteiger partial charge in [0.1, 0.15) is 4.60 Å². The van der Waals surface area contributed by atoms with E-state index < -0.39 is 0 Å². The summed E-state index contributed by atoms with van der Waals surface area (Å²) >= 11 is 5.08. The van der Waals surface area contributed by atoms with E-state index in [9.17, 15) is 0 Å². The number of rotatable bonds is 1. The Hall–Kier alpha value is 0.0700. The maximum atomic E-state index is 5.40. The smallest absolute Gasteiger partial charge is 0.117 e. The van der Waals surface area contributed by atoms with Gasteiger partial charge in [-0.15, -0.1) is 11.3 Å². The van der Waals surface area contributed by atoms with E-state index in [0.29, 0.717) is 5.92 Å². The standard InChI is InChI=1S/C8H10BrNOS/c9-7-5-12-8(10-7)6-2-1-3-11-4-6/h5-6H,1-4H2. The molecule has 0 spiro atoms. The van der Waals surface area contributed by atoms with E-state index in [1.54, 1.807) is 11.3 Å². The highest BCUT2D eigenvalue weighted by atomic mass is 79.9. The third-order valence-corrected chi connectivity index (χ3v) is 3.72. The fraction of sp³-hybridized carbons (Fsp3) is 0.625. The first kappa shape index (κ1) is 8.66. The van der Waals surface area contributed by atoms with Gasteiger partial charge in [0.05, 0.1) is 11.6 Å². The average Bonchev–Trinajstić information content (AvgIpc) is 2.54. The highest BCUT2D eigenvalue weighted by molar-refractivity contribution is 9.10. The summed E-state index contributed by atoms with van der Waals surface area (Å²) < 4.78 is 6.35. The van der Waals surface area contributed by atoms with Crippen LogP contribution in [-0.2, 0) is 4.74 Å². The van der Waals surface area contributed by atoms with Crippen LogP contribution in [0.4, 0.5) is 0 Å². The quantitative estimate of drug-likeness (QED) is 0.762. The molecule has 0 bridgehead atoms. The van der Waals surface area contributed by atoms with E-state index in [4.69, 9.17) is 4.74 Å². The van der Waals surface area contributed by atoms with Crippen LogP contribution < -0.4 is 0 Å². The molecule has 66 valence electrons. The molecule has 2 nitrogen and oxygen atoms in total. The summed E-state index contributed by atoms with van der Waals surface area (Å²) in [6.45, 7) is 1.77. The van der Waals surface area contributed by atoms with Crippen LogP contribution in [0.25, 0.3) is 0 Å². The number of aromatic nitrogens is 1. The largest absolute Gasteiger partial charge is 0.381 e. The first-order chi connectivity index (χ1) is 5.86. The molecule has 0 aliphatic carbocycles. The second-order valence-electron chi connectivity index (χ2n) is 2.92. The summed E-state index contributed by atoms with van der Waals surface area (Å²) in [4.78, 5) is 4.39. The average molecular weight is 248 g/mol. The lowest BCUT2D eigenvalue weighted by atomic mass is 10.0. The molecule has 0 amide bonds. The number of ether oxygens (including phenoxy) is 1. The van der Waals surface area contributed by atoms with Crippen LogP contribution in [0.2, 0.25) is 0 Å². The predicted molar refractivity (Wildman–Crippen MR) is 52.6 cm³/mol. The third-order valence-electron chi connectivity index (χ3n) is 2.00. The van der Waals surface area contributed by atoms with Crippen LogP contribution in [0.3, 0.4) is 0 Å². The summed E-state index contributed by atoms with van der Waals surface area (Å²) in [5.41, 5.74) is 0. The first-order valence-corrected chi connectivity index (χ1v) is 5.72. The lowest BCUT2D eigenvalue weighted by molar-refractivity contribution is 0.0803. The summed E-state index contributed by atoms with van der Waals surface area (Å²) in [6.07, 6.45) is 2.39. The van der Waals surface area contributed by atoms with Crippen LogP contribution >= 0.6 is 27.3 Å². The molecule has 2 heterocycles. The molecule has 2 rings (SSSR count). The summed E-state index contributed by atoms with van der Waals surface area (Å²) in [5.74, 6) is 0.537. The van der Waals surface area contributed by atoms with Crippen molar-refractivity contribution in [3.05, 3.63) is 15.0 Å². The van der Waals surface area contributed by atoms with Crippen molar-refractivity contribution in [2.45, 2.75) is 18.8 Å². The highest BCUT2D eigenvalue weighted by Crippen LogP contribution is 2.29.